The molecule has 4 nitrogen and oxygen atoms in total. The van der Waals surface area contributed by atoms with Gasteiger partial charge in [-0.2, -0.15) is 0 Å². The molecule has 1 aliphatic heterocycles. The van der Waals surface area contributed by atoms with Crippen molar-refractivity contribution in [1.82, 2.24) is 0 Å². The molecule has 2 rings (SSSR count). The summed E-state index contributed by atoms with van der Waals surface area (Å²) in [4.78, 5) is 11.1. The summed E-state index contributed by atoms with van der Waals surface area (Å²) in [5.74, 6) is -0.557. The molecule has 2 N–H and O–H groups in total. The van der Waals surface area contributed by atoms with Crippen LogP contribution in [0.3, 0.4) is 0 Å². The number of aromatic carboxylic acids is 1. The predicted molar refractivity (Wildman–Crippen MR) is 70.4 cm³/mol. The normalized spacial score (nSPS) is 23.0. The smallest absolute Gasteiger partial charge is 0.337 e. The summed E-state index contributed by atoms with van der Waals surface area (Å²) in [5.41, 5.74) is 0.806. The average Bonchev–Trinajstić information content (AvgIpc) is 2.73. The number of rotatable bonds is 4. The molecule has 0 radical (unpaired) electrons. The largest absolute Gasteiger partial charge is 0.478 e. The molecule has 0 bridgehead atoms. The topological polar surface area (TPSA) is 58.6 Å². The zero-order valence-electron chi connectivity index (χ0n) is 10.1. The van der Waals surface area contributed by atoms with Gasteiger partial charge in [-0.1, -0.05) is 11.6 Å². The zero-order chi connectivity index (χ0) is 13.1. The molecule has 0 aliphatic carbocycles. The number of hydrogen-bond acceptors (Lipinski definition) is 3. The molecular weight excluding hydrogens is 254 g/mol. The lowest BCUT2D eigenvalue weighted by Gasteiger charge is -2.16. The van der Waals surface area contributed by atoms with E-state index in [1.54, 1.807) is 12.1 Å². The molecule has 2 unspecified atom stereocenters. The lowest BCUT2D eigenvalue weighted by molar-refractivity contribution is 0.0698. The molecule has 0 saturated carbocycles. The van der Waals surface area contributed by atoms with Crippen LogP contribution in [0.15, 0.2) is 18.2 Å². The van der Waals surface area contributed by atoms with Crippen LogP contribution in [-0.2, 0) is 4.74 Å². The molecule has 1 heterocycles. The van der Waals surface area contributed by atoms with Gasteiger partial charge in [-0.05, 0) is 31.5 Å². The molecule has 0 amide bonds. The van der Waals surface area contributed by atoms with Crippen molar-refractivity contribution in [1.29, 1.82) is 0 Å². The lowest BCUT2D eigenvalue weighted by Crippen LogP contribution is -2.21. The SMILES string of the molecule is CC1OCCC1CNc1ccc(Cl)cc1C(=O)O. The molecule has 0 spiro atoms. The molecule has 2 atom stereocenters. The Labute approximate surface area is 111 Å². The van der Waals surface area contributed by atoms with Crippen molar-refractivity contribution < 1.29 is 14.6 Å². The van der Waals surface area contributed by atoms with Crippen molar-refractivity contribution in [2.45, 2.75) is 19.4 Å². The van der Waals surface area contributed by atoms with Crippen LogP contribution in [0.25, 0.3) is 0 Å². The number of carboxylic acid groups (broad SMARTS) is 1. The van der Waals surface area contributed by atoms with Gasteiger partial charge in [0.15, 0.2) is 0 Å². The van der Waals surface area contributed by atoms with Crippen molar-refractivity contribution in [2.75, 3.05) is 18.5 Å². The van der Waals surface area contributed by atoms with Crippen molar-refractivity contribution >= 4 is 23.3 Å². The van der Waals surface area contributed by atoms with E-state index < -0.39 is 5.97 Å². The van der Waals surface area contributed by atoms with Gasteiger partial charge in [0, 0.05) is 29.8 Å². The fraction of sp³-hybridized carbons (Fsp3) is 0.462. The number of carboxylic acids is 1. The summed E-state index contributed by atoms with van der Waals surface area (Å²) < 4.78 is 5.47. The van der Waals surface area contributed by atoms with Crippen LogP contribution in [0.1, 0.15) is 23.7 Å². The van der Waals surface area contributed by atoms with Crippen LogP contribution < -0.4 is 5.32 Å². The second-order valence-corrected chi connectivity index (χ2v) is 4.94. The predicted octanol–water partition coefficient (Wildman–Crippen LogP) is 2.88. The minimum Gasteiger partial charge on any atom is -0.478 e. The van der Waals surface area contributed by atoms with E-state index in [-0.39, 0.29) is 11.7 Å². The van der Waals surface area contributed by atoms with Gasteiger partial charge in [-0.25, -0.2) is 4.79 Å². The van der Waals surface area contributed by atoms with Gasteiger partial charge in [-0.3, -0.25) is 0 Å². The van der Waals surface area contributed by atoms with E-state index in [0.29, 0.717) is 23.2 Å². The molecule has 1 aromatic carbocycles. The Morgan fingerprint density at radius 2 is 2.39 bits per heavy atom. The van der Waals surface area contributed by atoms with Crippen LogP contribution in [-0.4, -0.2) is 30.3 Å². The van der Waals surface area contributed by atoms with Gasteiger partial charge in [0.2, 0.25) is 0 Å². The first-order chi connectivity index (χ1) is 8.58. The first-order valence-electron chi connectivity index (χ1n) is 5.96. The summed E-state index contributed by atoms with van der Waals surface area (Å²) in [5, 5.41) is 12.7. The molecule has 5 heteroatoms. The third kappa shape index (κ3) is 2.94. The standard InChI is InChI=1S/C13H16ClNO3/c1-8-9(4-5-18-8)7-15-12-3-2-10(14)6-11(12)13(16)17/h2-3,6,8-9,15H,4-5,7H2,1H3,(H,16,17). The maximum atomic E-state index is 11.1. The Balaban J connectivity index is 2.06. The maximum Gasteiger partial charge on any atom is 0.337 e. The highest BCUT2D eigenvalue weighted by atomic mass is 35.5. The quantitative estimate of drug-likeness (QED) is 0.882. The number of benzene rings is 1. The fourth-order valence-electron chi connectivity index (χ4n) is 2.13. The van der Waals surface area contributed by atoms with E-state index in [4.69, 9.17) is 21.4 Å². The monoisotopic (exact) mass is 269 g/mol. The van der Waals surface area contributed by atoms with Crippen LogP contribution in [0, 0.1) is 5.92 Å². The van der Waals surface area contributed by atoms with E-state index in [9.17, 15) is 4.79 Å². The number of ether oxygens (including phenoxy) is 1. The van der Waals surface area contributed by atoms with Gasteiger partial charge in [0.25, 0.3) is 0 Å². The van der Waals surface area contributed by atoms with Crippen LogP contribution in [0.2, 0.25) is 5.02 Å². The highest BCUT2D eigenvalue weighted by Gasteiger charge is 2.24. The second-order valence-electron chi connectivity index (χ2n) is 4.50. The Kier molecular flexibility index (Phi) is 4.09. The Morgan fingerprint density at radius 1 is 1.61 bits per heavy atom. The second kappa shape index (κ2) is 5.59. The highest BCUT2D eigenvalue weighted by Crippen LogP contribution is 2.24. The Hall–Kier alpha value is -1.26. The van der Waals surface area contributed by atoms with Crippen molar-refractivity contribution in [3.63, 3.8) is 0 Å². The maximum absolute atomic E-state index is 11.1. The van der Waals surface area contributed by atoms with E-state index in [0.717, 1.165) is 13.0 Å². The molecule has 1 aromatic rings. The number of carbonyl (C=O) groups is 1. The van der Waals surface area contributed by atoms with Crippen LogP contribution in [0.5, 0.6) is 0 Å². The Morgan fingerprint density at radius 3 is 3.00 bits per heavy atom. The van der Waals surface area contributed by atoms with Crippen LogP contribution >= 0.6 is 11.6 Å². The molecule has 18 heavy (non-hydrogen) atoms. The Bertz CT molecular complexity index is 450. The van der Waals surface area contributed by atoms with Gasteiger partial charge in [0.05, 0.1) is 11.7 Å². The van der Waals surface area contributed by atoms with Crippen LogP contribution in [0.4, 0.5) is 5.69 Å². The summed E-state index contributed by atoms with van der Waals surface area (Å²) in [6.07, 6.45) is 1.22. The molecule has 1 saturated heterocycles. The summed E-state index contributed by atoms with van der Waals surface area (Å²) >= 11 is 5.80. The molecular formula is C13H16ClNO3. The van der Waals surface area contributed by atoms with Crippen molar-refractivity contribution in [3.8, 4) is 0 Å². The number of nitrogens with one attached hydrogen (secondary N) is 1. The van der Waals surface area contributed by atoms with Gasteiger partial charge in [0.1, 0.15) is 0 Å². The third-order valence-corrected chi connectivity index (χ3v) is 3.54. The highest BCUT2D eigenvalue weighted by molar-refractivity contribution is 6.31. The summed E-state index contributed by atoms with van der Waals surface area (Å²) in [6.45, 7) is 3.53. The van der Waals surface area contributed by atoms with Gasteiger partial charge < -0.3 is 15.2 Å². The number of halogens is 1. The van der Waals surface area contributed by atoms with E-state index in [1.807, 2.05) is 6.92 Å². The molecule has 0 aromatic heterocycles. The first-order valence-corrected chi connectivity index (χ1v) is 6.34. The lowest BCUT2D eigenvalue weighted by atomic mass is 10.0. The van der Waals surface area contributed by atoms with Crippen molar-refractivity contribution in [2.24, 2.45) is 5.92 Å². The average molecular weight is 270 g/mol. The minimum atomic E-state index is -0.976. The summed E-state index contributed by atoms with van der Waals surface area (Å²) in [7, 11) is 0. The molecule has 1 aliphatic rings. The third-order valence-electron chi connectivity index (χ3n) is 3.30. The first kappa shape index (κ1) is 13.2. The number of anilines is 1. The summed E-state index contributed by atoms with van der Waals surface area (Å²) in [6, 6.07) is 4.85. The van der Waals surface area contributed by atoms with E-state index >= 15 is 0 Å². The van der Waals surface area contributed by atoms with Gasteiger partial charge >= 0.3 is 5.97 Å². The molecule has 98 valence electrons. The zero-order valence-corrected chi connectivity index (χ0v) is 10.9. The minimum absolute atomic E-state index is 0.203. The van der Waals surface area contributed by atoms with Crippen molar-refractivity contribution in [3.05, 3.63) is 28.8 Å². The number of hydrogen-bond donors (Lipinski definition) is 2. The molecule has 1 fully saturated rings. The fourth-order valence-corrected chi connectivity index (χ4v) is 2.30. The van der Waals surface area contributed by atoms with E-state index in [2.05, 4.69) is 5.32 Å². The van der Waals surface area contributed by atoms with E-state index in [1.165, 1.54) is 6.07 Å². The van der Waals surface area contributed by atoms with Gasteiger partial charge in [-0.15, -0.1) is 0 Å².